The number of rotatable bonds is 6. The molecule has 172 valence electrons. The largest absolute Gasteiger partial charge is 0.444 e. The number of hydrogen-bond donors (Lipinski definition) is 2. The number of ether oxygens (including phenoxy) is 1. The molecule has 1 saturated carbocycles. The summed E-state index contributed by atoms with van der Waals surface area (Å²) >= 11 is 0. The standard InChI is InChI=1S/C24H37N3O4/c1-16-11-13-17(14-12-16)20(21(29)26-23(2,3)4)27(18-9-8-10-18)19(28)15-25-22(30)31-24(5,6)7/h11-14,18,20H,8-10,15H2,1-7H3,(H,25,30)(H,26,29). The molecule has 1 fully saturated rings. The van der Waals surface area contributed by atoms with E-state index in [0.717, 1.165) is 30.4 Å². The Kier molecular flexibility index (Phi) is 7.73. The highest BCUT2D eigenvalue weighted by molar-refractivity contribution is 5.91. The van der Waals surface area contributed by atoms with E-state index in [1.165, 1.54) is 0 Å². The molecule has 1 unspecified atom stereocenters. The summed E-state index contributed by atoms with van der Waals surface area (Å²) in [6, 6.07) is 6.86. The van der Waals surface area contributed by atoms with Gasteiger partial charge in [0.25, 0.3) is 0 Å². The number of amides is 3. The highest BCUT2D eigenvalue weighted by Gasteiger charge is 2.39. The van der Waals surface area contributed by atoms with Gasteiger partial charge < -0.3 is 20.3 Å². The van der Waals surface area contributed by atoms with Crippen LogP contribution in [0.5, 0.6) is 0 Å². The average Bonchev–Trinajstić information content (AvgIpc) is 2.56. The Labute approximate surface area is 185 Å². The third kappa shape index (κ3) is 7.56. The Bertz CT molecular complexity index is 787. The molecule has 0 radical (unpaired) electrons. The van der Waals surface area contributed by atoms with Gasteiger partial charge >= 0.3 is 6.09 Å². The van der Waals surface area contributed by atoms with Crippen molar-refractivity contribution < 1.29 is 19.1 Å². The van der Waals surface area contributed by atoms with Gasteiger partial charge in [-0.2, -0.15) is 0 Å². The van der Waals surface area contributed by atoms with Gasteiger partial charge in [-0.3, -0.25) is 9.59 Å². The maximum atomic E-state index is 13.3. The molecule has 0 aliphatic heterocycles. The number of nitrogens with one attached hydrogen (secondary N) is 2. The lowest BCUT2D eigenvalue weighted by molar-refractivity contribution is -0.145. The smallest absolute Gasteiger partial charge is 0.408 e. The fraction of sp³-hybridized carbons (Fsp3) is 0.625. The van der Waals surface area contributed by atoms with Crippen LogP contribution in [-0.2, 0) is 14.3 Å². The average molecular weight is 432 g/mol. The second-order valence-corrected chi connectivity index (χ2v) is 10.3. The number of carbonyl (C=O) groups is 3. The van der Waals surface area contributed by atoms with Crippen molar-refractivity contribution in [2.24, 2.45) is 0 Å². The molecule has 2 rings (SSSR count). The second kappa shape index (κ2) is 9.71. The van der Waals surface area contributed by atoms with Gasteiger partial charge in [-0.25, -0.2) is 4.79 Å². The van der Waals surface area contributed by atoms with Crippen LogP contribution in [0.2, 0.25) is 0 Å². The van der Waals surface area contributed by atoms with Crippen LogP contribution in [0, 0.1) is 6.92 Å². The first-order valence-electron chi connectivity index (χ1n) is 10.9. The Morgan fingerprint density at radius 2 is 1.65 bits per heavy atom. The van der Waals surface area contributed by atoms with E-state index in [2.05, 4.69) is 10.6 Å². The summed E-state index contributed by atoms with van der Waals surface area (Å²) in [5.41, 5.74) is 0.734. The maximum absolute atomic E-state index is 13.3. The van der Waals surface area contributed by atoms with Gasteiger partial charge in [-0.1, -0.05) is 29.8 Å². The van der Waals surface area contributed by atoms with Crippen LogP contribution in [0.4, 0.5) is 4.79 Å². The molecule has 7 heteroatoms. The fourth-order valence-electron chi connectivity index (χ4n) is 3.40. The molecule has 0 bridgehead atoms. The van der Waals surface area contributed by atoms with Gasteiger partial charge in [0, 0.05) is 11.6 Å². The van der Waals surface area contributed by atoms with Gasteiger partial charge in [-0.05, 0) is 73.3 Å². The van der Waals surface area contributed by atoms with Gasteiger partial charge in [0.2, 0.25) is 11.8 Å². The van der Waals surface area contributed by atoms with E-state index in [9.17, 15) is 14.4 Å². The minimum atomic E-state index is -0.766. The number of benzene rings is 1. The van der Waals surface area contributed by atoms with Crippen molar-refractivity contribution in [2.75, 3.05) is 6.54 Å². The van der Waals surface area contributed by atoms with Gasteiger partial charge in [0.15, 0.2) is 0 Å². The Balaban J connectivity index is 2.30. The van der Waals surface area contributed by atoms with Crippen LogP contribution in [0.3, 0.4) is 0 Å². The second-order valence-electron chi connectivity index (χ2n) is 10.3. The van der Waals surface area contributed by atoms with Gasteiger partial charge in [-0.15, -0.1) is 0 Å². The number of alkyl carbamates (subject to hydrolysis) is 1. The molecule has 0 heterocycles. The molecule has 2 N–H and O–H groups in total. The van der Waals surface area contributed by atoms with E-state index >= 15 is 0 Å². The summed E-state index contributed by atoms with van der Waals surface area (Å²) in [7, 11) is 0. The van der Waals surface area contributed by atoms with Gasteiger partial charge in [0.1, 0.15) is 18.2 Å². The predicted octanol–water partition coefficient (Wildman–Crippen LogP) is 3.86. The van der Waals surface area contributed by atoms with Crippen molar-refractivity contribution in [1.82, 2.24) is 15.5 Å². The molecule has 0 saturated heterocycles. The van der Waals surface area contributed by atoms with E-state index in [-0.39, 0.29) is 24.4 Å². The van der Waals surface area contributed by atoms with Crippen molar-refractivity contribution in [2.45, 2.75) is 91.0 Å². The Hall–Kier alpha value is -2.57. The molecular weight excluding hydrogens is 394 g/mol. The summed E-state index contributed by atoms with van der Waals surface area (Å²) in [6.07, 6.45) is 2.03. The number of nitrogens with zero attached hydrogens (tertiary/aromatic N) is 1. The molecule has 0 aromatic heterocycles. The van der Waals surface area contributed by atoms with Crippen LogP contribution < -0.4 is 10.6 Å². The van der Waals surface area contributed by atoms with E-state index in [4.69, 9.17) is 4.74 Å². The third-order valence-corrected chi connectivity index (χ3v) is 4.96. The van der Waals surface area contributed by atoms with Crippen LogP contribution >= 0.6 is 0 Å². The monoisotopic (exact) mass is 431 g/mol. The summed E-state index contributed by atoms with van der Waals surface area (Å²) in [6.45, 7) is 12.8. The van der Waals surface area contributed by atoms with Crippen molar-refractivity contribution in [3.63, 3.8) is 0 Å². The lowest BCUT2D eigenvalue weighted by Crippen LogP contribution is -2.55. The molecule has 1 aliphatic carbocycles. The lowest BCUT2D eigenvalue weighted by atomic mass is 9.88. The van der Waals surface area contributed by atoms with E-state index in [1.54, 1.807) is 25.7 Å². The van der Waals surface area contributed by atoms with Crippen molar-refractivity contribution in [3.05, 3.63) is 35.4 Å². The molecule has 1 aromatic carbocycles. The molecule has 1 aromatic rings. The first-order valence-corrected chi connectivity index (χ1v) is 10.9. The topological polar surface area (TPSA) is 87.7 Å². The molecule has 3 amide bonds. The van der Waals surface area contributed by atoms with Crippen molar-refractivity contribution >= 4 is 17.9 Å². The van der Waals surface area contributed by atoms with E-state index in [0.29, 0.717) is 0 Å². The minimum absolute atomic E-state index is 0.0371. The molecule has 1 aliphatic rings. The van der Waals surface area contributed by atoms with Crippen LogP contribution in [0.25, 0.3) is 0 Å². The molecule has 31 heavy (non-hydrogen) atoms. The zero-order valence-corrected chi connectivity index (χ0v) is 19.9. The zero-order chi connectivity index (χ0) is 23.4. The molecular formula is C24H37N3O4. The first kappa shape index (κ1) is 24.7. The Morgan fingerprint density at radius 1 is 1.06 bits per heavy atom. The minimum Gasteiger partial charge on any atom is -0.444 e. The van der Waals surface area contributed by atoms with E-state index < -0.39 is 23.3 Å². The Morgan fingerprint density at radius 3 is 2.10 bits per heavy atom. The van der Waals surface area contributed by atoms with Crippen molar-refractivity contribution in [1.29, 1.82) is 0 Å². The predicted molar refractivity (Wildman–Crippen MR) is 121 cm³/mol. The van der Waals surface area contributed by atoms with Crippen LogP contribution in [0.1, 0.15) is 78.0 Å². The molecule has 1 atom stereocenters. The number of hydrogen-bond acceptors (Lipinski definition) is 4. The maximum Gasteiger partial charge on any atom is 0.408 e. The van der Waals surface area contributed by atoms with Crippen LogP contribution in [0.15, 0.2) is 24.3 Å². The van der Waals surface area contributed by atoms with Crippen molar-refractivity contribution in [3.8, 4) is 0 Å². The highest BCUT2D eigenvalue weighted by Crippen LogP contribution is 2.33. The molecule has 0 spiro atoms. The van der Waals surface area contributed by atoms with Crippen LogP contribution in [-0.4, -0.2) is 46.5 Å². The van der Waals surface area contributed by atoms with Gasteiger partial charge in [0.05, 0.1) is 0 Å². The summed E-state index contributed by atoms with van der Waals surface area (Å²) in [4.78, 5) is 40.3. The third-order valence-electron chi connectivity index (χ3n) is 4.96. The number of carbonyl (C=O) groups excluding carboxylic acids is 3. The fourth-order valence-corrected chi connectivity index (χ4v) is 3.40. The molecule has 7 nitrogen and oxygen atoms in total. The first-order chi connectivity index (χ1) is 14.3. The normalized spacial score (nSPS) is 15.5. The summed E-state index contributed by atoms with van der Waals surface area (Å²) in [5.74, 6) is -0.529. The summed E-state index contributed by atoms with van der Waals surface area (Å²) in [5, 5.41) is 5.56. The quantitative estimate of drug-likeness (QED) is 0.716. The lowest BCUT2D eigenvalue weighted by Gasteiger charge is -2.43. The zero-order valence-electron chi connectivity index (χ0n) is 19.9. The summed E-state index contributed by atoms with van der Waals surface area (Å²) < 4.78 is 5.24. The highest BCUT2D eigenvalue weighted by atomic mass is 16.6. The van der Waals surface area contributed by atoms with E-state index in [1.807, 2.05) is 52.0 Å². The SMILES string of the molecule is Cc1ccc(C(C(=O)NC(C)(C)C)N(C(=O)CNC(=O)OC(C)(C)C)C2CCC2)cc1. The number of aryl methyl sites for hydroxylation is 1.